The summed E-state index contributed by atoms with van der Waals surface area (Å²) in [5.41, 5.74) is 8.02. The Hall–Kier alpha value is -0.410. The van der Waals surface area contributed by atoms with Gasteiger partial charge in [-0.05, 0) is 41.4 Å². The fraction of sp³-hybridized carbons (Fsp3) is 0.375. The number of aromatic nitrogens is 1. The number of nitrogens with zero attached hydrogens (tertiary/aromatic N) is 1. The lowest BCUT2D eigenvalue weighted by atomic mass is 10.1. The number of hydrogen-bond donors (Lipinski definition) is 1. The molecule has 0 saturated carbocycles. The summed E-state index contributed by atoms with van der Waals surface area (Å²) in [5.74, 6) is 0. The van der Waals surface area contributed by atoms with E-state index in [1.807, 2.05) is 19.9 Å². The van der Waals surface area contributed by atoms with Crippen LogP contribution < -0.4 is 5.73 Å². The molecule has 1 heterocycles. The molecule has 0 aliphatic rings. The fourth-order valence-electron chi connectivity index (χ4n) is 1.08. The zero-order valence-corrected chi connectivity index (χ0v) is 8.22. The van der Waals surface area contributed by atoms with Gasteiger partial charge in [-0.15, -0.1) is 0 Å². The molecule has 0 saturated heterocycles. The first-order valence-corrected chi connectivity index (χ1v) is 4.29. The Morgan fingerprint density at radius 2 is 2.27 bits per heavy atom. The van der Waals surface area contributed by atoms with Crippen molar-refractivity contribution in [1.29, 1.82) is 0 Å². The zero-order chi connectivity index (χ0) is 8.43. The summed E-state index contributed by atoms with van der Waals surface area (Å²) in [5, 5.41) is 0. The van der Waals surface area contributed by atoms with Crippen LogP contribution in [0.3, 0.4) is 0 Å². The maximum atomic E-state index is 5.75. The monoisotopic (exact) mass is 214 g/mol. The van der Waals surface area contributed by atoms with Crippen molar-refractivity contribution in [2.75, 3.05) is 0 Å². The lowest BCUT2D eigenvalue weighted by molar-refractivity contribution is 0.795. The highest BCUT2D eigenvalue weighted by atomic mass is 79.9. The van der Waals surface area contributed by atoms with Crippen LogP contribution in [0.4, 0.5) is 0 Å². The predicted octanol–water partition coefficient (Wildman–Crippen LogP) is 2.17. The van der Waals surface area contributed by atoms with Crippen molar-refractivity contribution in [3.8, 4) is 0 Å². The molecule has 2 nitrogen and oxygen atoms in total. The van der Waals surface area contributed by atoms with Gasteiger partial charge in [0.15, 0.2) is 0 Å². The highest BCUT2D eigenvalue weighted by molar-refractivity contribution is 9.10. The Kier molecular flexibility index (Phi) is 2.62. The molecule has 0 fully saturated rings. The average Bonchev–Trinajstić information content (AvgIpc) is 1.85. The highest BCUT2D eigenvalue weighted by Gasteiger charge is 2.07. The second kappa shape index (κ2) is 3.32. The predicted molar refractivity (Wildman–Crippen MR) is 49.3 cm³/mol. The molecule has 2 N–H and O–H groups in total. The summed E-state index contributed by atoms with van der Waals surface area (Å²) >= 11 is 3.36. The van der Waals surface area contributed by atoms with Gasteiger partial charge in [-0.2, -0.15) is 0 Å². The lowest BCUT2D eigenvalue weighted by Crippen LogP contribution is -2.08. The van der Waals surface area contributed by atoms with Crippen LogP contribution in [-0.4, -0.2) is 4.98 Å². The number of nitrogens with two attached hydrogens (primary N) is 1. The topological polar surface area (TPSA) is 38.9 Å². The number of pyridine rings is 1. The number of halogens is 1. The van der Waals surface area contributed by atoms with Gasteiger partial charge in [0, 0.05) is 17.8 Å². The molecule has 0 amide bonds. The molecular weight excluding hydrogens is 204 g/mol. The van der Waals surface area contributed by atoms with E-state index >= 15 is 0 Å². The van der Waals surface area contributed by atoms with Crippen LogP contribution in [0.5, 0.6) is 0 Å². The van der Waals surface area contributed by atoms with E-state index in [9.17, 15) is 0 Å². The van der Waals surface area contributed by atoms with E-state index in [1.54, 1.807) is 6.20 Å². The Labute approximate surface area is 75.0 Å². The van der Waals surface area contributed by atoms with Gasteiger partial charge in [0.25, 0.3) is 0 Å². The van der Waals surface area contributed by atoms with Crippen LogP contribution in [0.15, 0.2) is 16.9 Å². The molecule has 11 heavy (non-hydrogen) atoms. The van der Waals surface area contributed by atoms with Crippen molar-refractivity contribution in [2.45, 2.75) is 19.9 Å². The molecule has 0 aliphatic carbocycles. The molecule has 3 heteroatoms. The van der Waals surface area contributed by atoms with E-state index in [0.29, 0.717) is 0 Å². The Morgan fingerprint density at radius 1 is 1.64 bits per heavy atom. The molecule has 0 bridgehead atoms. The van der Waals surface area contributed by atoms with Gasteiger partial charge in [-0.25, -0.2) is 4.98 Å². The fourth-order valence-corrected chi connectivity index (χ4v) is 1.88. The second-order valence-corrected chi connectivity index (χ2v) is 3.37. The SMILES string of the molecule is Cc1ccnc(Br)c1[C@H](C)N. The zero-order valence-electron chi connectivity index (χ0n) is 6.63. The van der Waals surface area contributed by atoms with E-state index in [1.165, 1.54) is 5.56 Å². The van der Waals surface area contributed by atoms with E-state index in [-0.39, 0.29) is 6.04 Å². The standard InChI is InChI=1S/C8H11BrN2/c1-5-3-4-11-8(9)7(5)6(2)10/h3-4,6H,10H2,1-2H3/t6-/m0/s1. The molecule has 0 radical (unpaired) electrons. The maximum absolute atomic E-state index is 5.75. The van der Waals surface area contributed by atoms with E-state index in [4.69, 9.17) is 5.73 Å². The maximum Gasteiger partial charge on any atom is 0.111 e. The minimum atomic E-state index is 0.0399. The van der Waals surface area contributed by atoms with Gasteiger partial charge in [0.05, 0.1) is 0 Å². The van der Waals surface area contributed by atoms with Crippen LogP contribution >= 0.6 is 15.9 Å². The largest absolute Gasteiger partial charge is 0.324 e. The molecule has 0 unspecified atom stereocenters. The molecule has 1 aromatic rings. The summed E-state index contributed by atoms with van der Waals surface area (Å²) in [6.45, 7) is 3.99. The second-order valence-electron chi connectivity index (χ2n) is 2.62. The van der Waals surface area contributed by atoms with Crippen LogP contribution in [-0.2, 0) is 0 Å². The lowest BCUT2D eigenvalue weighted by Gasteiger charge is -2.10. The average molecular weight is 215 g/mol. The summed E-state index contributed by atoms with van der Waals surface area (Å²) in [6, 6.07) is 2.00. The third-order valence-corrected chi connectivity index (χ3v) is 2.25. The van der Waals surface area contributed by atoms with E-state index < -0.39 is 0 Å². The Balaban J connectivity index is 3.21. The summed E-state index contributed by atoms with van der Waals surface area (Å²) in [4.78, 5) is 4.10. The van der Waals surface area contributed by atoms with E-state index in [2.05, 4.69) is 20.9 Å². The number of rotatable bonds is 1. The molecule has 1 aromatic heterocycles. The molecule has 1 rings (SSSR count). The highest BCUT2D eigenvalue weighted by Crippen LogP contribution is 2.22. The van der Waals surface area contributed by atoms with Gasteiger partial charge < -0.3 is 5.73 Å². The smallest absolute Gasteiger partial charge is 0.111 e. The Bertz CT molecular complexity index is 238. The molecule has 0 aliphatic heterocycles. The van der Waals surface area contributed by atoms with Crippen molar-refractivity contribution in [2.24, 2.45) is 5.73 Å². The molecule has 0 spiro atoms. The third-order valence-electron chi connectivity index (χ3n) is 1.61. The first-order chi connectivity index (χ1) is 5.13. The van der Waals surface area contributed by atoms with Crippen LogP contribution in [0.25, 0.3) is 0 Å². The van der Waals surface area contributed by atoms with Gasteiger partial charge in [0.2, 0.25) is 0 Å². The normalized spacial score (nSPS) is 13.1. The summed E-state index contributed by atoms with van der Waals surface area (Å²) < 4.78 is 0.854. The minimum Gasteiger partial charge on any atom is -0.324 e. The molecule has 60 valence electrons. The van der Waals surface area contributed by atoms with Crippen molar-refractivity contribution >= 4 is 15.9 Å². The van der Waals surface area contributed by atoms with Crippen LogP contribution in [0.1, 0.15) is 24.1 Å². The quantitative estimate of drug-likeness (QED) is 0.729. The molecular formula is C8H11BrN2. The van der Waals surface area contributed by atoms with Crippen LogP contribution in [0.2, 0.25) is 0 Å². The van der Waals surface area contributed by atoms with Crippen molar-refractivity contribution in [3.63, 3.8) is 0 Å². The Morgan fingerprint density at radius 3 is 2.64 bits per heavy atom. The minimum absolute atomic E-state index is 0.0399. The van der Waals surface area contributed by atoms with Crippen molar-refractivity contribution in [1.82, 2.24) is 4.98 Å². The molecule has 0 aromatic carbocycles. The van der Waals surface area contributed by atoms with Crippen molar-refractivity contribution < 1.29 is 0 Å². The number of aryl methyl sites for hydroxylation is 1. The van der Waals surface area contributed by atoms with Crippen molar-refractivity contribution in [3.05, 3.63) is 28.0 Å². The molecule has 1 atom stereocenters. The third kappa shape index (κ3) is 1.79. The van der Waals surface area contributed by atoms with Gasteiger partial charge >= 0.3 is 0 Å². The summed E-state index contributed by atoms with van der Waals surface area (Å²) in [7, 11) is 0. The first kappa shape index (κ1) is 8.68. The van der Waals surface area contributed by atoms with Gasteiger partial charge in [-0.1, -0.05) is 0 Å². The van der Waals surface area contributed by atoms with Crippen LogP contribution in [0, 0.1) is 6.92 Å². The van der Waals surface area contributed by atoms with Gasteiger partial charge in [0.1, 0.15) is 4.60 Å². The first-order valence-electron chi connectivity index (χ1n) is 3.49. The number of hydrogen-bond acceptors (Lipinski definition) is 2. The summed E-state index contributed by atoms with van der Waals surface area (Å²) in [6.07, 6.45) is 1.77. The van der Waals surface area contributed by atoms with E-state index in [0.717, 1.165) is 10.2 Å². The van der Waals surface area contributed by atoms with Gasteiger partial charge in [-0.3, -0.25) is 0 Å².